The molecule has 196 valence electrons. The molecule has 1 aliphatic heterocycles. The lowest BCUT2D eigenvalue weighted by Gasteiger charge is -2.27. The number of ether oxygens (including phenoxy) is 2. The fourth-order valence-electron chi connectivity index (χ4n) is 4.86. The van der Waals surface area contributed by atoms with E-state index < -0.39 is 0 Å². The van der Waals surface area contributed by atoms with Crippen LogP contribution in [0.2, 0.25) is 0 Å². The van der Waals surface area contributed by atoms with E-state index in [2.05, 4.69) is 9.97 Å². The van der Waals surface area contributed by atoms with Gasteiger partial charge in [0.05, 0.1) is 12.4 Å². The fourth-order valence-corrected chi connectivity index (χ4v) is 4.86. The second kappa shape index (κ2) is 12.7. The van der Waals surface area contributed by atoms with E-state index in [1.54, 1.807) is 26.2 Å². The van der Waals surface area contributed by atoms with Crippen molar-refractivity contribution in [2.24, 2.45) is 23.7 Å². The Kier molecular flexibility index (Phi) is 9.67. The molecule has 0 radical (unpaired) electrons. The van der Waals surface area contributed by atoms with Crippen molar-refractivity contribution in [3.05, 3.63) is 60.0 Å². The monoisotopic (exact) mass is 498 g/mol. The molecule has 6 unspecified atom stereocenters. The second-order valence-electron chi connectivity index (χ2n) is 10.3. The molecule has 0 saturated carbocycles. The van der Waals surface area contributed by atoms with Gasteiger partial charge in [-0.05, 0) is 50.4 Å². The Labute approximate surface area is 213 Å². The molecular formula is C28H38N2O6. The average molecular weight is 499 g/mol. The number of rotatable bonds is 4. The first-order chi connectivity index (χ1) is 17.1. The van der Waals surface area contributed by atoms with E-state index in [-0.39, 0.29) is 47.8 Å². The van der Waals surface area contributed by atoms with Gasteiger partial charge in [-0.25, -0.2) is 19.6 Å². The highest BCUT2D eigenvalue weighted by molar-refractivity contribution is 5.88. The van der Waals surface area contributed by atoms with Crippen LogP contribution in [0.3, 0.4) is 0 Å². The van der Waals surface area contributed by atoms with Crippen LogP contribution in [0.15, 0.2) is 57.3 Å². The summed E-state index contributed by atoms with van der Waals surface area (Å²) in [5.74, 6) is 0.843. The molecule has 8 heteroatoms. The number of cyclic esters (lactones) is 2. The summed E-state index contributed by atoms with van der Waals surface area (Å²) >= 11 is 0. The van der Waals surface area contributed by atoms with Gasteiger partial charge >= 0.3 is 11.9 Å². The molecule has 0 aromatic carbocycles. The minimum absolute atomic E-state index is 0.0199. The standard InChI is InChI=1S/C28H38N2O6/c1-17-7-19(3)25(11-23-13-29-15-33-23)35-28(32)22(6)10-18(2)8-20(4)26(12-24-14-30-16-34-24)36-27(31)21(5)9-17/h9-10,13-20,25-26H,7-8,11-12H2,1-6H3/b21-9-,22-10+. The zero-order valence-electron chi connectivity index (χ0n) is 22.1. The maximum absolute atomic E-state index is 13.0. The van der Waals surface area contributed by atoms with Crippen molar-refractivity contribution < 1.29 is 27.9 Å². The van der Waals surface area contributed by atoms with E-state index in [0.717, 1.165) is 0 Å². The second-order valence-corrected chi connectivity index (χ2v) is 10.3. The lowest BCUT2D eigenvalue weighted by molar-refractivity contribution is -0.147. The summed E-state index contributed by atoms with van der Waals surface area (Å²) in [5.41, 5.74) is 1.12. The van der Waals surface area contributed by atoms with Gasteiger partial charge in [0.2, 0.25) is 0 Å². The summed E-state index contributed by atoms with van der Waals surface area (Å²) in [5, 5.41) is 0. The van der Waals surface area contributed by atoms with E-state index in [4.69, 9.17) is 18.3 Å². The first-order valence-electron chi connectivity index (χ1n) is 12.7. The van der Waals surface area contributed by atoms with Crippen LogP contribution >= 0.6 is 0 Å². The normalized spacial score (nSPS) is 32.1. The third-order valence-electron chi connectivity index (χ3n) is 6.76. The van der Waals surface area contributed by atoms with Crippen LogP contribution in [0.1, 0.15) is 65.9 Å². The van der Waals surface area contributed by atoms with Crippen LogP contribution in [0, 0.1) is 23.7 Å². The van der Waals surface area contributed by atoms with Crippen LogP contribution in [-0.4, -0.2) is 34.1 Å². The van der Waals surface area contributed by atoms with Crippen LogP contribution in [0.4, 0.5) is 0 Å². The van der Waals surface area contributed by atoms with Gasteiger partial charge in [0, 0.05) is 24.0 Å². The summed E-state index contributed by atoms with van der Waals surface area (Å²) in [6.45, 7) is 11.8. The molecule has 0 aliphatic carbocycles. The van der Waals surface area contributed by atoms with Crippen LogP contribution in [0.25, 0.3) is 0 Å². The largest absolute Gasteiger partial charge is 0.458 e. The summed E-state index contributed by atoms with van der Waals surface area (Å²) < 4.78 is 22.8. The van der Waals surface area contributed by atoms with Crippen molar-refractivity contribution in [3.8, 4) is 0 Å². The smallest absolute Gasteiger partial charge is 0.333 e. The number of carbonyl (C=O) groups excluding carboxylic acids is 2. The van der Waals surface area contributed by atoms with Gasteiger partial charge in [0.25, 0.3) is 0 Å². The quantitative estimate of drug-likeness (QED) is 0.509. The molecule has 8 nitrogen and oxygen atoms in total. The van der Waals surface area contributed by atoms with Crippen molar-refractivity contribution in [1.82, 2.24) is 9.97 Å². The number of allylic oxidation sites excluding steroid dienone is 2. The summed E-state index contributed by atoms with van der Waals surface area (Å²) in [6, 6.07) is 0. The van der Waals surface area contributed by atoms with Crippen LogP contribution < -0.4 is 0 Å². The summed E-state index contributed by atoms with van der Waals surface area (Å²) in [6.07, 6.45) is 11.4. The fraction of sp³-hybridized carbons (Fsp3) is 0.571. The lowest BCUT2D eigenvalue weighted by Crippen LogP contribution is -2.30. The van der Waals surface area contributed by atoms with Crippen molar-refractivity contribution in [3.63, 3.8) is 0 Å². The van der Waals surface area contributed by atoms with Gasteiger partial charge in [-0.2, -0.15) is 0 Å². The molecule has 2 aromatic heterocycles. The van der Waals surface area contributed by atoms with Gasteiger partial charge < -0.3 is 18.3 Å². The Morgan fingerprint density at radius 2 is 1.11 bits per heavy atom. The number of esters is 2. The Morgan fingerprint density at radius 3 is 1.44 bits per heavy atom. The maximum atomic E-state index is 13.0. The highest BCUT2D eigenvalue weighted by Crippen LogP contribution is 2.27. The molecule has 36 heavy (non-hydrogen) atoms. The average Bonchev–Trinajstić information content (AvgIpc) is 3.51. The Bertz CT molecular complexity index is 956. The number of nitrogens with zero attached hydrogens (tertiary/aromatic N) is 2. The molecule has 0 saturated heterocycles. The number of aromatic nitrogens is 2. The molecule has 0 amide bonds. The van der Waals surface area contributed by atoms with Crippen molar-refractivity contribution >= 4 is 11.9 Å². The van der Waals surface area contributed by atoms with Crippen LogP contribution in [0.5, 0.6) is 0 Å². The molecule has 0 bridgehead atoms. The first-order valence-corrected chi connectivity index (χ1v) is 12.7. The molecule has 3 rings (SSSR count). The Balaban J connectivity index is 1.87. The Morgan fingerprint density at radius 1 is 0.722 bits per heavy atom. The van der Waals surface area contributed by atoms with E-state index >= 15 is 0 Å². The lowest BCUT2D eigenvalue weighted by atomic mass is 9.88. The minimum atomic E-state index is -0.384. The van der Waals surface area contributed by atoms with Gasteiger partial charge in [0.1, 0.15) is 23.7 Å². The third kappa shape index (κ3) is 7.93. The molecule has 0 spiro atoms. The van der Waals surface area contributed by atoms with E-state index in [1.807, 2.05) is 39.8 Å². The predicted octanol–water partition coefficient (Wildman–Crippen LogP) is 5.50. The molecule has 3 heterocycles. The van der Waals surface area contributed by atoms with Gasteiger partial charge in [-0.15, -0.1) is 0 Å². The first kappa shape index (κ1) is 27.4. The summed E-state index contributed by atoms with van der Waals surface area (Å²) in [4.78, 5) is 34.0. The van der Waals surface area contributed by atoms with Gasteiger partial charge in [-0.3, -0.25) is 0 Å². The predicted molar refractivity (Wildman–Crippen MR) is 134 cm³/mol. The van der Waals surface area contributed by atoms with E-state index in [9.17, 15) is 9.59 Å². The number of oxazole rings is 2. The summed E-state index contributed by atoms with van der Waals surface area (Å²) in [7, 11) is 0. The van der Waals surface area contributed by atoms with E-state index in [0.29, 0.717) is 48.3 Å². The topological polar surface area (TPSA) is 105 Å². The molecule has 6 atom stereocenters. The van der Waals surface area contributed by atoms with Crippen molar-refractivity contribution in [2.75, 3.05) is 0 Å². The molecular weight excluding hydrogens is 460 g/mol. The molecule has 0 fully saturated rings. The highest BCUT2D eigenvalue weighted by Gasteiger charge is 2.28. The Hall–Kier alpha value is -3.16. The van der Waals surface area contributed by atoms with Gasteiger partial charge in [0.15, 0.2) is 12.8 Å². The molecule has 1 aliphatic rings. The van der Waals surface area contributed by atoms with Crippen LogP contribution in [-0.2, 0) is 31.9 Å². The minimum Gasteiger partial charge on any atom is -0.458 e. The zero-order chi connectivity index (χ0) is 26.2. The van der Waals surface area contributed by atoms with Crippen molar-refractivity contribution in [1.29, 1.82) is 0 Å². The molecule has 2 aromatic rings. The van der Waals surface area contributed by atoms with Crippen molar-refractivity contribution in [2.45, 2.75) is 79.4 Å². The van der Waals surface area contributed by atoms with E-state index in [1.165, 1.54) is 12.8 Å². The number of hydrogen-bond donors (Lipinski definition) is 0. The third-order valence-corrected chi connectivity index (χ3v) is 6.76. The molecule has 0 N–H and O–H groups in total. The van der Waals surface area contributed by atoms with Gasteiger partial charge in [-0.1, -0.05) is 39.8 Å². The maximum Gasteiger partial charge on any atom is 0.333 e. The SMILES string of the molecule is C/C1=C/C(C)CC(C)C(Cc2cnco2)OC(=O)/C(C)=C/C(C)CC(C)C(Cc2cnco2)OC1=O. The number of hydrogen-bond acceptors (Lipinski definition) is 8. The highest BCUT2D eigenvalue weighted by atomic mass is 16.5. The number of carbonyl (C=O) groups is 2. The zero-order valence-corrected chi connectivity index (χ0v) is 22.1.